The quantitative estimate of drug-likeness (QED) is 0.721. The van der Waals surface area contributed by atoms with Crippen molar-refractivity contribution in [2.45, 2.75) is 19.8 Å². The highest BCUT2D eigenvalue weighted by molar-refractivity contribution is 8.13. The zero-order chi connectivity index (χ0) is 13.6. The summed E-state index contributed by atoms with van der Waals surface area (Å²) in [6.07, 6.45) is 1.62. The summed E-state index contributed by atoms with van der Waals surface area (Å²) in [5, 5.41) is 0.515. The minimum Gasteiger partial charge on any atom is -0.492 e. The van der Waals surface area contributed by atoms with Gasteiger partial charge in [0.25, 0.3) is 0 Å². The molecular weight excluding hydrogens is 295 g/mol. The Bertz CT molecular complexity index is 474. The lowest BCUT2D eigenvalue weighted by molar-refractivity contribution is 0.253. The minimum absolute atomic E-state index is 0.0765. The Morgan fingerprint density at radius 2 is 2.00 bits per heavy atom. The summed E-state index contributed by atoms with van der Waals surface area (Å²) in [5.74, 6) is 0.369. The van der Waals surface area contributed by atoms with Crippen LogP contribution in [0.3, 0.4) is 0 Å². The standard InChI is InChI=1S/C12H16Cl2O3S/c1-2-5-10(9-18(14,15)16)8-17-12-7-4-3-6-11(12)13/h3-4,6-7,10H,2,5,8-9H2,1H3. The van der Waals surface area contributed by atoms with Gasteiger partial charge in [-0.25, -0.2) is 8.42 Å². The van der Waals surface area contributed by atoms with Gasteiger partial charge in [-0.1, -0.05) is 37.1 Å². The fourth-order valence-electron chi connectivity index (χ4n) is 1.67. The number of rotatable bonds is 7. The first kappa shape index (κ1) is 15.6. The predicted molar refractivity (Wildman–Crippen MR) is 75.0 cm³/mol. The van der Waals surface area contributed by atoms with Crippen LogP contribution < -0.4 is 4.74 Å². The van der Waals surface area contributed by atoms with Gasteiger partial charge < -0.3 is 4.74 Å². The van der Waals surface area contributed by atoms with Crippen molar-refractivity contribution < 1.29 is 13.2 Å². The van der Waals surface area contributed by atoms with Gasteiger partial charge in [0.1, 0.15) is 5.75 Å². The average molecular weight is 311 g/mol. The van der Waals surface area contributed by atoms with E-state index in [1.165, 1.54) is 0 Å². The molecule has 0 amide bonds. The molecule has 0 bridgehead atoms. The van der Waals surface area contributed by atoms with Crippen molar-refractivity contribution in [3.8, 4) is 5.75 Å². The smallest absolute Gasteiger partial charge is 0.232 e. The van der Waals surface area contributed by atoms with E-state index in [2.05, 4.69) is 0 Å². The number of ether oxygens (including phenoxy) is 1. The minimum atomic E-state index is -3.50. The molecule has 1 rings (SSSR count). The molecule has 1 unspecified atom stereocenters. The molecule has 0 aromatic heterocycles. The van der Waals surface area contributed by atoms with E-state index in [0.717, 1.165) is 12.8 Å². The Kier molecular flexibility index (Phi) is 6.26. The lowest BCUT2D eigenvalue weighted by atomic mass is 10.1. The third kappa shape index (κ3) is 5.94. The summed E-state index contributed by atoms with van der Waals surface area (Å²) < 4.78 is 27.7. The average Bonchev–Trinajstić information content (AvgIpc) is 2.26. The number of hydrogen-bond donors (Lipinski definition) is 0. The number of benzene rings is 1. The van der Waals surface area contributed by atoms with E-state index in [1.54, 1.807) is 12.1 Å². The molecule has 0 fully saturated rings. The van der Waals surface area contributed by atoms with E-state index >= 15 is 0 Å². The summed E-state index contributed by atoms with van der Waals surface area (Å²) in [6.45, 7) is 2.28. The second kappa shape index (κ2) is 7.22. The molecule has 0 aliphatic rings. The monoisotopic (exact) mass is 310 g/mol. The van der Waals surface area contributed by atoms with E-state index in [4.69, 9.17) is 27.0 Å². The highest BCUT2D eigenvalue weighted by atomic mass is 35.7. The second-order valence-electron chi connectivity index (χ2n) is 4.10. The van der Waals surface area contributed by atoms with Crippen LogP contribution >= 0.6 is 22.3 Å². The molecule has 18 heavy (non-hydrogen) atoms. The van der Waals surface area contributed by atoms with Gasteiger partial charge in [-0.3, -0.25) is 0 Å². The molecule has 0 aliphatic carbocycles. The van der Waals surface area contributed by atoms with Crippen LogP contribution in [0.15, 0.2) is 24.3 Å². The molecule has 1 atom stereocenters. The Morgan fingerprint density at radius 3 is 2.56 bits per heavy atom. The summed E-state index contributed by atoms with van der Waals surface area (Å²) in [7, 11) is 1.77. The summed E-state index contributed by atoms with van der Waals surface area (Å²) in [6, 6.07) is 7.10. The molecule has 0 N–H and O–H groups in total. The van der Waals surface area contributed by atoms with Gasteiger partial charge in [0.05, 0.1) is 17.4 Å². The first-order valence-electron chi connectivity index (χ1n) is 5.72. The highest BCUT2D eigenvalue weighted by Gasteiger charge is 2.17. The molecule has 0 radical (unpaired) electrons. The van der Waals surface area contributed by atoms with Gasteiger partial charge in [-0.15, -0.1) is 0 Å². The van der Waals surface area contributed by atoms with Crippen molar-refractivity contribution in [3.63, 3.8) is 0 Å². The van der Waals surface area contributed by atoms with E-state index in [0.29, 0.717) is 17.4 Å². The van der Waals surface area contributed by atoms with Gasteiger partial charge in [0.2, 0.25) is 9.05 Å². The van der Waals surface area contributed by atoms with Crippen molar-refractivity contribution in [1.82, 2.24) is 0 Å². The first-order valence-corrected chi connectivity index (χ1v) is 8.57. The van der Waals surface area contributed by atoms with Crippen molar-refractivity contribution >= 4 is 31.3 Å². The van der Waals surface area contributed by atoms with Crippen molar-refractivity contribution in [3.05, 3.63) is 29.3 Å². The van der Waals surface area contributed by atoms with E-state index < -0.39 is 9.05 Å². The summed E-state index contributed by atoms with van der Waals surface area (Å²) >= 11 is 5.95. The maximum Gasteiger partial charge on any atom is 0.232 e. The lowest BCUT2D eigenvalue weighted by Gasteiger charge is -2.16. The summed E-state index contributed by atoms with van der Waals surface area (Å²) in [5.41, 5.74) is 0. The maximum atomic E-state index is 11.1. The zero-order valence-corrected chi connectivity index (χ0v) is 12.4. The van der Waals surface area contributed by atoms with Crippen molar-refractivity contribution in [2.75, 3.05) is 12.4 Å². The Labute approximate surface area is 117 Å². The van der Waals surface area contributed by atoms with Crippen molar-refractivity contribution in [2.24, 2.45) is 5.92 Å². The second-order valence-corrected chi connectivity index (χ2v) is 7.33. The largest absolute Gasteiger partial charge is 0.492 e. The SMILES string of the molecule is CCCC(COc1ccccc1Cl)CS(=O)(=O)Cl. The van der Waals surface area contributed by atoms with Crippen LogP contribution in [-0.2, 0) is 9.05 Å². The fraction of sp³-hybridized carbons (Fsp3) is 0.500. The number of para-hydroxylation sites is 1. The molecule has 0 saturated heterocycles. The van der Waals surface area contributed by atoms with E-state index in [1.807, 2.05) is 19.1 Å². The number of hydrogen-bond acceptors (Lipinski definition) is 3. The van der Waals surface area contributed by atoms with E-state index in [-0.39, 0.29) is 11.7 Å². The number of halogens is 2. The fourth-order valence-corrected chi connectivity index (χ4v) is 3.22. The molecule has 0 saturated carbocycles. The maximum absolute atomic E-state index is 11.1. The van der Waals surface area contributed by atoms with Crippen LogP contribution in [0.1, 0.15) is 19.8 Å². The molecule has 0 heterocycles. The van der Waals surface area contributed by atoms with Crippen LogP contribution in [-0.4, -0.2) is 20.8 Å². The molecule has 1 aromatic carbocycles. The molecule has 1 aromatic rings. The molecule has 0 aliphatic heterocycles. The van der Waals surface area contributed by atoms with Gasteiger partial charge in [-0.05, 0) is 18.6 Å². The first-order chi connectivity index (χ1) is 8.42. The van der Waals surface area contributed by atoms with Crippen molar-refractivity contribution in [1.29, 1.82) is 0 Å². The Balaban J connectivity index is 2.60. The normalized spacial score (nSPS) is 13.3. The van der Waals surface area contributed by atoms with Crippen LogP contribution in [0.5, 0.6) is 5.75 Å². The van der Waals surface area contributed by atoms with Crippen LogP contribution in [0, 0.1) is 5.92 Å². The third-order valence-corrected chi connectivity index (χ3v) is 4.00. The van der Waals surface area contributed by atoms with Gasteiger partial charge >= 0.3 is 0 Å². The van der Waals surface area contributed by atoms with E-state index in [9.17, 15) is 8.42 Å². The van der Waals surface area contributed by atoms with Crippen LogP contribution in [0.25, 0.3) is 0 Å². The van der Waals surface area contributed by atoms with Crippen LogP contribution in [0.2, 0.25) is 5.02 Å². The molecule has 6 heteroatoms. The Hall–Kier alpha value is -0.450. The highest BCUT2D eigenvalue weighted by Crippen LogP contribution is 2.24. The molecule has 3 nitrogen and oxygen atoms in total. The molecule has 102 valence electrons. The lowest BCUT2D eigenvalue weighted by Crippen LogP contribution is -2.19. The molecular formula is C12H16Cl2O3S. The summed E-state index contributed by atoms with van der Waals surface area (Å²) in [4.78, 5) is 0. The van der Waals surface area contributed by atoms with Gasteiger partial charge in [0, 0.05) is 16.6 Å². The van der Waals surface area contributed by atoms with Gasteiger partial charge in [-0.2, -0.15) is 0 Å². The third-order valence-electron chi connectivity index (χ3n) is 2.44. The topological polar surface area (TPSA) is 43.4 Å². The predicted octanol–water partition coefficient (Wildman–Crippen LogP) is 3.70. The van der Waals surface area contributed by atoms with Gasteiger partial charge in [0.15, 0.2) is 0 Å². The molecule has 0 spiro atoms. The zero-order valence-electron chi connectivity index (χ0n) is 10.1. The van der Waals surface area contributed by atoms with Crippen LogP contribution in [0.4, 0.5) is 0 Å². The Morgan fingerprint density at radius 1 is 1.33 bits per heavy atom.